The minimum Gasteiger partial charge on any atom is -0.493 e. The number of hydrogen-bond acceptors (Lipinski definition) is 14. The summed E-state index contributed by atoms with van der Waals surface area (Å²) >= 11 is 1.36. The normalized spacial score (nSPS) is 16.3. The highest BCUT2D eigenvalue weighted by Crippen LogP contribution is 2.43. The molecule has 9 rings (SSSR count). The molecule has 0 unspecified atom stereocenters. The summed E-state index contributed by atoms with van der Waals surface area (Å²) in [6.45, 7) is 7.95. The van der Waals surface area contributed by atoms with E-state index in [1.165, 1.54) is 11.8 Å². The summed E-state index contributed by atoms with van der Waals surface area (Å²) in [5, 5.41) is 13.1. The van der Waals surface area contributed by atoms with Crippen molar-refractivity contribution in [1.29, 1.82) is 0 Å². The first-order valence-corrected chi connectivity index (χ1v) is 25.1. The van der Waals surface area contributed by atoms with Crippen LogP contribution in [0.3, 0.4) is 0 Å². The molecule has 2 atom stereocenters. The third-order valence-corrected chi connectivity index (χ3v) is 14.4. The number of para-hydroxylation sites is 2. The fraction of sp³-hybridized carbons (Fsp3) is 0.382. The van der Waals surface area contributed by atoms with Crippen molar-refractivity contribution in [2.75, 3.05) is 99.8 Å². The lowest BCUT2D eigenvalue weighted by Gasteiger charge is -2.34. The maximum Gasteiger partial charge on any atom is 0.313 e. The molecule has 0 saturated heterocycles. The van der Waals surface area contributed by atoms with Crippen LogP contribution in [0.4, 0.5) is 28.4 Å². The van der Waals surface area contributed by atoms with Gasteiger partial charge < -0.3 is 53.4 Å². The van der Waals surface area contributed by atoms with Crippen LogP contribution in [0.15, 0.2) is 96.0 Å². The third-order valence-electron chi connectivity index (χ3n) is 13.1. The number of amides is 2. The third kappa shape index (κ3) is 11.1. The monoisotopic (exact) mass is 999 g/mol. The number of carbonyl (C=O) groups excluding carboxylic acids is 2. The highest BCUT2D eigenvalue weighted by molar-refractivity contribution is 8.01. The van der Waals surface area contributed by atoms with E-state index < -0.39 is 10.7 Å². The van der Waals surface area contributed by atoms with Crippen LogP contribution in [0, 0.1) is 0 Å². The molecular weight excluding hydrogens is 939 g/mol. The Hall–Kier alpha value is -6.79. The lowest BCUT2D eigenvalue weighted by molar-refractivity contribution is -0.133. The summed E-state index contributed by atoms with van der Waals surface area (Å²) < 4.78 is 41.2. The first-order chi connectivity index (χ1) is 34.9. The largest absolute Gasteiger partial charge is 0.493 e. The Bertz CT molecular complexity index is 2840. The van der Waals surface area contributed by atoms with Crippen molar-refractivity contribution in [3.63, 3.8) is 0 Å². The molecule has 5 aromatic rings. The topological polar surface area (TPSA) is 170 Å². The van der Waals surface area contributed by atoms with Crippen molar-refractivity contribution in [2.45, 2.75) is 56.7 Å². The predicted molar refractivity (Wildman–Crippen MR) is 279 cm³/mol. The van der Waals surface area contributed by atoms with Crippen LogP contribution in [0.1, 0.15) is 56.8 Å². The number of rotatable bonds is 23. The highest BCUT2D eigenvalue weighted by Gasteiger charge is 2.39. The van der Waals surface area contributed by atoms with Gasteiger partial charge in [0.2, 0.25) is 0 Å². The van der Waals surface area contributed by atoms with Gasteiger partial charge >= 0.3 is 5.97 Å². The maximum atomic E-state index is 14.2. The fourth-order valence-corrected chi connectivity index (χ4v) is 10.5. The molecule has 0 fully saturated rings. The Morgan fingerprint density at radius 3 is 2.04 bits per heavy atom. The summed E-state index contributed by atoms with van der Waals surface area (Å²) in [5.74, 6) is 0.471. The molecule has 0 spiro atoms. The zero-order valence-electron chi connectivity index (χ0n) is 41.3. The van der Waals surface area contributed by atoms with Crippen molar-refractivity contribution >= 4 is 64.2 Å². The van der Waals surface area contributed by atoms with Crippen molar-refractivity contribution in [2.24, 2.45) is 4.99 Å². The number of aliphatic imine (C=N–C) groups is 1. The van der Waals surface area contributed by atoms with Gasteiger partial charge in [-0.2, -0.15) is 0 Å². The summed E-state index contributed by atoms with van der Waals surface area (Å²) in [7, 11) is 4.73. The number of thioether (sulfide) groups is 1. The second-order valence-electron chi connectivity index (χ2n) is 18.6. The van der Waals surface area contributed by atoms with Gasteiger partial charge in [-0.3, -0.25) is 24.3 Å². The maximum absolute atomic E-state index is 14.2. The Morgan fingerprint density at radius 2 is 1.36 bits per heavy atom. The van der Waals surface area contributed by atoms with Crippen LogP contribution in [0.5, 0.6) is 23.0 Å². The minimum absolute atomic E-state index is 0.0343. The second kappa shape index (κ2) is 22.3. The lowest BCUT2D eigenvalue weighted by atomic mass is 10.1. The molecule has 0 bridgehead atoms. The molecule has 2 N–H and O–H groups in total. The van der Waals surface area contributed by atoms with Gasteiger partial charge in [0, 0.05) is 73.3 Å². The number of carboxylic acid groups (broad SMARTS) is 1. The number of hydrogen-bond donors (Lipinski definition) is 2. The molecule has 16 nitrogen and oxygen atoms in total. The molecular formula is C55H61N5O11S. The Kier molecular flexibility index (Phi) is 15.6. The molecule has 4 heterocycles. The number of nitrogens with one attached hydrogen (secondary N) is 1. The van der Waals surface area contributed by atoms with E-state index in [1.54, 1.807) is 44.4 Å². The van der Waals surface area contributed by atoms with Gasteiger partial charge in [-0.15, -0.1) is 11.8 Å². The van der Waals surface area contributed by atoms with Crippen LogP contribution in [0.2, 0.25) is 0 Å². The average Bonchev–Trinajstić information content (AvgIpc) is 3.88. The van der Waals surface area contributed by atoms with Gasteiger partial charge in [-0.1, -0.05) is 36.4 Å². The molecule has 0 radical (unpaired) electrons. The van der Waals surface area contributed by atoms with E-state index in [1.807, 2.05) is 91.7 Å². The number of carbonyl (C=O) groups is 3. The molecule has 0 saturated carbocycles. The molecule has 4 aliphatic heterocycles. The average molecular weight is 1000 g/mol. The Morgan fingerprint density at radius 1 is 0.750 bits per heavy atom. The van der Waals surface area contributed by atoms with Crippen molar-refractivity contribution < 1.29 is 52.6 Å². The van der Waals surface area contributed by atoms with E-state index in [-0.39, 0.29) is 42.9 Å². The predicted octanol–water partition coefficient (Wildman–Crippen LogP) is 8.23. The van der Waals surface area contributed by atoms with Crippen LogP contribution in [-0.2, 0) is 45.1 Å². The van der Waals surface area contributed by atoms with E-state index in [4.69, 9.17) is 38.2 Å². The number of benzene rings is 5. The van der Waals surface area contributed by atoms with Gasteiger partial charge in [-0.05, 0) is 85.0 Å². The molecule has 0 aromatic heterocycles. The van der Waals surface area contributed by atoms with Crippen molar-refractivity contribution in [3.05, 3.63) is 124 Å². The lowest BCUT2D eigenvalue weighted by Crippen LogP contribution is -2.39. The molecule has 72 heavy (non-hydrogen) atoms. The Balaban J connectivity index is 1.01. The smallest absolute Gasteiger partial charge is 0.313 e. The van der Waals surface area contributed by atoms with E-state index in [0.29, 0.717) is 105 Å². The first-order valence-electron chi connectivity index (χ1n) is 24.1. The van der Waals surface area contributed by atoms with Gasteiger partial charge in [-0.25, -0.2) is 0 Å². The van der Waals surface area contributed by atoms with Gasteiger partial charge in [0.1, 0.15) is 13.2 Å². The number of ether oxygens (including phenoxy) is 7. The zero-order valence-corrected chi connectivity index (χ0v) is 42.1. The van der Waals surface area contributed by atoms with Crippen molar-refractivity contribution in [1.82, 2.24) is 0 Å². The van der Waals surface area contributed by atoms with E-state index in [2.05, 4.69) is 16.3 Å². The van der Waals surface area contributed by atoms with Crippen LogP contribution in [-0.4, -0.2) is 126 Å². The molecule has 378 valence electrons. The van der Waals surface area contributed by atoms with Crippen LogP contribution >= 0.6 is 11.8 Å². The number of nitrogens with zero attached hydrogens (tertiary/aromatic N) is 4. The van der Waals surface area contributed by atoms with Crippen LogP contribution < -0.4 is 39.0 Å². The number of fused-ring (bicyclic) bond motifs is 8. The summed E-state index contributed by atoms with van der Waals surface area (Å²) in [6, 6.07) is 28.8. The quantitative estimate of drug-likeness (QED) is 0.0600. The van der Waals surface area contributed by atoms with Crippen LogP contribution in [0.25, 0.3) is 0 Å². The fourth-order valence-electron chi connectivity index (χ4n) is 9.72. The molecule has 4 aliphatic rings. The summed E-state index contributed by atoms with van der Waals surface area (Å²) in [4.78, 5) is 50.8. The van der Waals surface area contributed by atoms with E-state index >= 15 is 0 Å². The van der Waals surface area contributed by atoms with Gasteiger partial charge in [0.05, 0.1) is 87.6 Å². The first kappa shape index (κ1) is 50.2. The number of aliphatic carboxylic acids is 1. The standard InChI is InChI=1S/C55H61N5O11S/c1-55(2,72-33-52(61)62)34-58(14-15-68-18-19-69-17-16-65-3)39-21-35(31-70-50-27-44-42(25-48(50)66-4)53(63)59-40(29-56-44)23-37-10-6-8-12-46(37)59)20-36(22-39)32-71-51-28-45-43(26-49(51)67-5)54(64)60-41(30-57-45)24-38-11-7-9-13-47(38)60/h6-13,20-22,25-29,40-41,57H,14-19,23-24,30-34H2,1-5H3,(H,61,62)/t40-,41-/m0/s1. The zero-order chi connectivity index (χ0) is 50.4. The summed E-state index contributed by atoms with van der Waals surface area (Å²) in [5.41, 5.74) is 8.55. The SMILES string of the molecule is COCCOCCOCCN(CC(C)(C)SCC(=O)O)c1cc(COc2cc3c(cc2OC)C(=O)N2c4ccccc4C[C@H]2C=N3)cc(COc2cc3c(cc2OC)C(=O)N2c4ccccc4C[C@H]2CN3)c1. The van der Waals surface area contributed by atoms with Gasteiger partial charge in [0.25, 0.3) is 11.8 Å². The number of methoxy groups -OCH3 is 3. The van der Waals surface area contributed by atoms with Crippen molar-refractivity contribution in [3.8, 4) is 23.0 Å². The molecule has 17 heteroatoms. The molecule has 2 amide bonds. The molecule has 0 aliphatic carbocycles. The number of anilines is 4. The van der Waals surface area contributed by atoms with E-state index in [0.717, 1.165) is 45.7 Å². The Labute approximate surface area is 424 Å². The highest BCUT2D eigenvalue weighted by atomic mass is 32.2. The number of carboxylic acids is 1. The van der Waals surface area contributed by atoms with Gasteiger partial charge in [0.15, 0.2) is 23.0 Å². The minimum atomic E-state index is -0.887. The summed E-state index contributed by atoms with van der Waals surface area (Å²) in [6.07, 6.45) is 3.26. The molecule has 5 aromatic carbocycles. The second-order valence-corrected chi connectivity index (χ2v) is 20.3. The van der Waals surface area contributed by atoms with E-state index in [9.17, 15) is 19.5 Å².